The topological polar surface area (TPSA) is 84.2 Å². The molecule has 196 valence electrons. The van der Waals surface area contributed by atoms with E-state index in [1.165, 1.54) is 4.68 Å². The summed E-state index contributed by atoms with van der Waals surface area (Å²) in [7, 11) is 1.57. The fourth-order valence-corrected chi connectivity index (χ4v) is 4.85. The second kappa shape index (κ2) is 10.4. The van der Waals surface area contributed by atoms with Gasteiger partial charge < -0.3 is 18.9 Å². The molecule has 0 aliphatic carbocycles. The molecular formula is C28H25Br2N3O5. The molecule has 0 amide bonds. The fourth-order valence-electron chi connectivity index (χ4n) is 4.04. The summed E-state index contributed by atoms with van der Waals surface area (Å²) in [6.45, 7) is 6.44. The van der Waals surface area contributed by atoms with Gasteiger partial charge in [-0.15, -0.1) is 0 Å². The normalized spacial score (nSPS) is 12.9. The maximum Gasteiger partial charge on any atom is 0.282 e. The summed E-state index contributed by atoms with van der Waals surface area (Å²) in [5.41, 5.74) is 1.44. The molecule has 1 aromatic heterocycles. The molecule has 1 aliphatic heterocycles. The van der Waals surface area contributed by atoms with Gasteiger partial charge >= 0.3 is 0 Å². The van der Waals surface area contributed by atoms with Crippen molar-refractivity contribution in [2.75, 3.05) is 13.9 Å². The second-order valence-electron chi connectivity index (χ2n) is 9.71. The maximum atomic E-state index is 13.5. The van der Waals surface area contributed by atoms with Gasteiger partial charge in [0.05, 0.1) is 24.2 Å². The lowest BCUT2D eigenvalue weighted by molar-refractivity contribution is 0.174. The maximum absolute atomic E-state index is 13.5. The number of rotatable bonds is 6. The molecule has 8 nitrogen and oxygen atoms in total. The van der Waals surface area contributed by atoms with Gasteiger partial charge in [-0.1, -0.05) is 58.7 Å². The Morgan fingerprint density at radius 3 is 2.61 bits per heavy atom. The van der Waals surface area contributed by atoms with Crippen LogP contribution < -0.4 is 24.5 Å². The van der Waals surface area contributed by atoms with Crippen molar-refractivity contribution in [3.8, 4) is 23.0 Å². The Kier molecular flexibility index (Phi) is 7.19. The monoisotopic (exact) mass is 641 g/mol. The number of hydrogen-bond acceptors (Lipinski definition) is 7. The molecule has 0 N–H and O–H groups in total. The number of methoxy groups -OCH3 is 1. The second-order valence-corrected chi connectivity index (χ2v) is 11.5. The van der Waals surface area contributed by atoms with Gasteiger partial charge in [-0.3, -0.25) is 4.79 Å². The lowest BCUT2D eigenvalue weighted by atomic mass is 9.95. The van der Waals surface area contributed by atoms with E-state index in [0.717, 1.165) is 14.5 Å². The molecule has 5 rings (SSSR count). The molecule has 0 saturated carbocycles. The van der Waals surface area contributed by atoms with Crippen LogP contribution in [0.3, 0.4) is 0 Å². The van der Waals surface area contributed by atoms with Crippen LogP contribution in [0.4, 0.5) is 0 Å². The van der Waals surface area contributed by atoms with E-state index < -0.39 is 5.41 Å². The minimum atomic E-state index is -0.439. The molecule has 0 atom stereocenters. The van der Waals surface area contributed by atoms with Crippen molar-refractivity contribution in [2.24, 2.45) is 5.10 Å². The Morgan fingerprint density at radius 2 is 1.84 bits per heavy atom. The highest BCUT2D eigenvalue weighted by molar-refractivity contribution is 9.10. The average molecular weight is 643 g/mol. The molecule has 0 fully saturated rings. The third-order valence-electron chi connectivity index (χ3n) is 5.88. The molecule has 10 heteroatoms. The van der Waals surface area contributed by atoms with Gasteiger partial charge in [0.15, 0.2) is 23.0 Å². The Hall–Kier alpha value is -3.37. The molecule has 0 saturated heterocycles. The molecule has 2 heterocycles. The van der Waals surface area contributed by atoms with Crippen molar-refractivity contribution in [2.45, 2.75) is 32.8 Å². The molecule has 0 bridgehead atoms. The van der Waals surface area contributed by atoms with E-state index in [-0.39, 0.29) is 19.0 Å². The highest BCUT2D eigenvalue weighted by Crippen LogP contribution is 2.36. The summed E-state index contributed by atoms with van der Waals surface area (Å²) < 4.78 is 25.6. The van der Waals surface area contributed by atoms with Crippen molar-refractivity contribution in [3.63, 3.8) is 0 Å². The first kappa shape index (κ1) is 26.2. The Balaban J connectivity index is 1.56. The zero-order valence-electron chi connectivity index (χ0n) is 21.2. The molecule has 38 heavy (non-hydrogen) atoms. The van der Waals surface area contributed by atoms with Gasteiger partial charge in [0.2, 0.25) is 6.79 Å². The first-order chi connectivity index (χ1) is 18.1. The minimum absolute atomic E-state index is 0.206. The number of benzene rings is 3. The van der Waals surface area contributed by atoms with E-state index in [4.69, 9.17) is 23.9 Å². The summed E-state index contributed by atoms with van der Waals surface area (Å²) in [5.74, 6) is 2.93. The number of ether oxygens (including phenoxy) is 4. The van der Waals surface area contributed by atoms with E-state index in [0.29, 0.717) is 45.3 Å². The lowest BCUT2D eigenvalue weighted by Crippen LogP contribution is -2.29. The van der Waals surface area contributed by atoms with Gasteiger partial charge in [0, 0.05) is 19.9 Å². The van der Waals surface area contributed by atoms with E-state index in [9.17, 15) is 4.79 Å². The van der Waals surface area contributed by atoms with Crippen LogP contribution in [0.2, 0.25) is 0 Å². The fraction of sp³-hybridized carbons (Fsp3) is 0.250. The summed E-state index contributed by atoms with van der Waals surface area (Å²) >= 11 is 6.98. The van der Waals surface area contributed by atoms with Gasteiger partial charge in [0.1, 0.15) is 12.4 Å². The zero-order chi connectivity index (χ0) is 27.0. The summed E-state index contributed by atoms with van der Waals surface area (Å²) in [6, 6.07) is 14.8. The van der Waals surface area contributed by atoms with Gasteiger partial charge in [-0.05, 0) is 48.0 Å². The van der Waals surface area contributed by atoms with Crippen molar-refractivity contribution >= 4 is 49.0 Å². The standard InChI is InChI=1S/C28H25Br2N3O5/c1-28(2,3)27-32-21-7-6-18(29)11-20(21)26(34)33(27)31-13-17-10-19(30)12-24(35-4)25(17)36-14-16-5-8-22-23(9-16)38-15-37-22/h5-13H,14-15H2,1-4H3. The van der Waals surface area contributed by atoms with Crippen molar-refractivity contribution < 1.29 is 18.9 Å². The van der Waals surface area contributed by atoms with Gasteiger partial charge in [-0.25, -0.2) is 4.98 Å². The number of fused-ring (bicyclic) bond motifs is 2. The van der Waals surface area contributed by atoms with Crippen LogP contribution in [-0.4, -0.2) is 29.8 Å². The zero-order valence-corrected chi connectivity index (χ0v) is 24.4. The van der Waals surface area contributed by atoms with E-state index in [1.54, 1.807) is 19.4 Å². The number of hydrogen-bond donors (Lipinski definition) is 0. The van der Waals surface area contributed by atoms with Crippen LogP contribution in [0, 0.1) is 0 Å². The van der Waals surface area contributed by atoms with E-state index in [1.807, 2.05) is 63.2 Å². The van der Waals surface area contributed by atoms with E-state index >= 15 is 0 Å². The largest absolute Gasteiger partial charge is 0.493 e. The molecule has 0 spiro atoms. The third kappa shape index (κ3) is 5.28. The first-order valence-electron chi connectivity index (χ1n) is 11.8. The van der Waals surface area contributed by atoms with Gasteiger partial charge in [-0.2, -0.15) is 9.78 Å². The summed E-state index contributed by atoms with van der Waals surface area (Å²) in [4.78, 5) is 18.3. The molecule has 1 aliphatic rings. The van der Waals surface area contributed by atoms with Crippen molar-refractivity contribution in [1.29, 1.82) is 0 Å². The van der Waals surface area contributed by atoms with Crippen molar-refractivity contribution in [3.05, 3.63) is 84.8 Å². The number of aromatic nitrogens is 2. The van der Waals surface area contributed by atoms with Crippen LogP contribution in [0.15, 0.2) is 67.4 Å². The molecule has 0 radical (unpaired) electrons. The van der Waals surface area contributed by atoms with Crippen molar-refractivity contribution in [1.82, 2.24) is 9.66 Å². The SMILES string of the molecule is COc1cc(Br)cc(C=Nn2c(C(C)(C)C)nc3ccc(Br)cc3c2=O)c1OCc1ccc2c(c1)OCO2. The molecular weight excluding hydrogens is 618 g/mol. The Labute approximate surface area is 236 Å². The Morgan fingerprint density at radius 1 is 1.05 bits per heavy atom. The summed E-state index contributed by atoms with van der Waals surface area (Å²) in [5, 5.41) is 5.08. The Bertz CT molecular complexity index is 1630. The molecule has 3 aromatic carbocycles. The van der Waals surface area contributed by atoms with Crippen LogP contribution in [-0.2, 0) is 12.0 Å². The predicted molar refractivity (Wildman–Crippen MR) is 153 cm³/mol. The number of nitrogens with zero attached hydrogens (tertiary/aromatic N) is 3. The highest BCUT2D eigenvalue weighted by atomic mass is 79.9. The number of halogens is 2. The minimum Gasteiger partial charge on any atom is -0.493 e. The average Bonchev–Trinajstić information content (AvgIpc) is 3.34. The molecule has 4 aromatic rings. The van der Waals surface area contributed by atoms with Crippen LogP contribution in [0.25, 0.3) is 10.9 Å². The summed E-state index contributed by atoms with van der Waals surface area (Å²) in [6.07, 6.45) is 1.59. The van der Waals surface area contributed by atoms with Crippen LogP contribution >= 0.6 is 31.9 Å². The van der Waals surface area contributed by atoms with E-state index in [2.05, 4.69) is 37.0 Å². The smallest absolute Gasteiger partial charge is 0.282 e. The molecule has 0 unspecified atom stereocenters. The predicted octanol–water partition coefficient (Wildman–Crippen LogP) is 6.42. The first-order valence-corrected chi connectivity index (χ1v) is 13.4. The lowest BCUT2D eigenvalue weighted by Gasteiger charge is -2.21. The van der Waals surface area contributed by atoms with Crippen LogP contribution in [0.5, 0.6) is 23.0 Å². The third-order valence-corrected chi connectivity index (χ3v) is 6.83. The van der Waals surface area contributed by atoms with Crippen LogP contribution in [0.1, 0.15) is 37.7 Å². The quantitative estimate of drug-likeness (QED) is 0.226. The van der Waals surface area contributed by atoms with Gasteiger partial charge in [0.25, 0.3) is 5.56 Å². The highest BCUT2D eigenvalue weighted by Gasteiger charge is 2.23.